The molecule has 0 radical (unpaired) electrons. The summed E-state index contributed by atoms with van der Waals surface area (Å²) in [7, 11) is 0. The second-order valence-corrected chi connectivity index (χ2v) is 7.89. The normalized spacial score (nSPS) is 17.7. The van der Waals surface area contributed by atoms with E-state index in [4.69, 9.17) is 4.74 Å². The van der Waals surface area contributed by atoms with Gasteiger partial charge in [0.25, 0.3) is 0 Å². The van der Waals surface area contributed by atoms with Gasteiger partial charge in [-0.25, -0.2) is 0 Å². The molecule has 1 amide bonds. The van der Waals surface area contributed by atoms with Crippen LogP contribution in [0.15, 0.2) is 91.0 Å². The molecule has 1 aliphatic carbocycles. The van der Waals surface area contributed by atoms with Gasteiger partial charge in [0.2, 0.25) is 5.91 Å². The van der Waals surface area contributed by atoms with Crippen molar-refractivity contribution in [2.45, 2.75) is 45.1 Å². The van der Waals surface area contributed by atoms with Gasteiger partial charge in [-0.3, -0.25) is 4.79 Å². The Hall–Kier alpha value is -3.07. The zero-order chi connectivity index (χ0) is 21.7. The first-order valence-corrected chi connectivity index (χ1v) is 11.3. The van der Waals surface area contributed by atoms with Crippen LogP contribution in [0.2, 0.25) is 0 Å². The molecule has 3 aromatic rings. The molecule has 0 aromatic heterocycles. The molecule has 162 valence electrons. The Bertz CT molecular complexity index is 868. The van der Waals surface area contributed by atoms with E-state index in [1.165, 1.54) is 12.0 Å². The fourth-order valence-electron chi connectivity index (χ4n) is 4.13. The molecule has 0 spiro atoms. The fraction of sp³-hybridized carbons (Fsp3) is 0.321. The van der Waals surface area contributed by atoms with Crippen molar-refractivity contribution in [2.24, 2.45) is 5.92 Å². The van der Waals surface area contributed by atoms with Gasteiger partial charge >= 0.3 is 0 Å². The zero-order valence-corrected chi connectivity index (χ0v) is 18.4. The molecule has 3 heteroatoms. The third kappa shape index (κ3) is 7.29. The minimum absolute atomic E-state index is 0.0963. The van der Waals surface area contributed by atoms with E-state index < -0.39 is 0 Å². The molecule has 1 aliphatic rings. The molecule has 3 nitrogen and oxygen atoms in total. The largest absolute Gasteiger partial charge is 0.489 e. The van der Waals surface area contributed by atoms with Crippen molar-refractivity contribution in [3.8, 4) is 5.75 Å². The van der Waals surface area contributed by atoms with Crippen molar-refractivity contribution in [1.29, 1.82) is 0 Å². The first kappa shape index (κ1) is 22.6. The number of hydrogen-bond donors (Lipinski definition) is 1. The van der Waals surface area contributed by atoms with Crippen molar-refractivity contribution >= 4 is 5.91 Å². The quantitative estimate of drug-likeness (QED) is 0.508. The first-order valence-electron chi connectivity index (χ1n) is 11.3. The first-order chi connectivity index (χ1) is 15.3. The maximum atomic E-state index is 12.4. The van der Waals surface area contributed by atoms with Crippen LogP contribution in [-0.4, -0.2) is 12.5 Å². The van der Waals surface area contributed by atoms with Crippen molar-refractivity contribution < 1.29 is 9.53 Å². The number of hydrogen-bond acceptors (Lipinski definition) is 2. The fourth-order valence-corrected chi connectivity index (χ4v) is 4.13. The Labute approximate surface area is 186 Å². The van der Waals surface area contributed by atoms with Crippen molar-refractivity contribution in [2.75, 3.05) is 6.54 Å². The summed E-state index contributed by atoms with van der Waals surface area (Å²) >= 11 is 0. The van der Waals surface area contributed by atoms with E-state index in [2.05, 4.69) is 29.6 Å². The minimum atomic E-state index is 0.0963. The van der Waals surface area contributed by atoms with Gasteiger partial charge in [-0.2, -0.15) is 0 Å². The Balaban J connectivity index is 0.000000391. The van der Waals surface area contributed by atoms with E-state index in [-0.39, 0.29) is 11.8 Å². The average molecular weight is 416 g/mol. The molecular formula is C28H33NO2. The summed E-state index contributed by atoms with van der Waals surface area (Å²) in [4.78, 5) is 12.4. The lowest BCUT2D eigenvalue weighted by Gasteiger charge is -2.31. The van der Waals surface area contributed by atoms with Gasteiger partial charge in [-0.05, 0) is 48.9 Å². The molecule has 31 heavy (non-hydrogen) atoms. The van der Waals surface area contributed by atoms with Gasteiger partial charge < -0.3 is 10.1 Å². The van der Waals surface area contributed by atoms with Crippen LogP contribution in [0.1, 0.15) is 49.7 Å². The van der Waals surface area contributed by atoms with E-state index in [9.17, 15) is 4.79 Å². The van der Waals surface area contributed by atoms with Crippen LogP contribution >= 0.6 is 0 Å². The van der Waals surface area contributed by atoms with Crippen molar-refractivity contribution in [3.05, 3.63) is 102 Å². The second kappa shape index (κ2) is 12.6. The number of para-hydroxylation sites is 1. The second-order valence-electron chi connectivity index (χ2n) is 7.89. The summed E-state index contributed by atoms with van der Waals surface area (Å²) in [6, 6.07) is 30.4. The van der Waals surface area contributed by atoms with Gasteiger partial charge in [-0.1, -0.05) is 91.7 Å². The summed E-state index contributed by atoms with van der Waals surface area (Å²) in [5, 5.41) is 3.01. The van der Waals surface area contributed by atoms with Gasteiger partial charge in [0.15, 0.2) is 0 Å². The number of rotatable bonds is 6. The van der Waals surface area contributed by atoms with Gasteiger partial charge in [-0.15, -0.1) is 0 Å². The highest BCUT2D eigenvalue weighted by atomic mass is 16.5. The highest BCUT2D eigenvalue weighted by Gasteiger charge is 2.31. The highest BCUT2D eigenvalue weighted by Crippen LogP contribution is 2.38. The molecule has 1 N–H and O–H groups in total. The number of amides is 1. The monoisotopic (exact) mass is 415 g/mol. The lowest BCUT2D eigenvalue weighted by molar-refractivity contribution is -0.126. The van der Waals surface area contributed by atoms with Crippen LogP contribution in [0, 0.1) is 5.92 Å². The summed E-state index contributed by atoms with van der Waals surface area (Å²) in [6.45, 7) is 3.24. The topological polar surface area (TPSA) is 38.3 Å². The molecule has 1 saturated carbocycles. The van der Waals surface area contributed by atoms with Crippen LogP contribution in [-0.2, 0) is 11.4 Å². The third-order valence-electron chi connectivity index (χ3n) is 5.65. The number of carbonyl (C=O) groups is 1. The molecule has 3 aromatic carbocycles. The number of nitrogens with one attached hydrogen (secondary N) is 1. The highest BCUT2D eigenvalue weighted by molar-refractivity contribution is 5.79. The molecule has 2 atom stereocenters. The Morgan fingerprint density at radius 1 is 0.871 bits per heavy atom. The SMILES string of the molecule is CCNC(=O)C1CCCCC1c1cccc(COc2ccccc2)c1.c1ccccc1. The summed E-state index contributed by atoms with van der Waals surface area (Å²) in [5.74, 6) is 1.50. The van der Waals surface area contributed by atoms with Crippen LogP contribution in [0.3, 0.4) is 0 Å². The van der Waals surface area contributed by atoms with Gasteiger partial charge in [0.1, 0.15) is 12.4 Å². The van der Waals surface area contributed by atoms with Crippen LogP contribution in [0.5, 0.6) is 5.75 Å². The molecular weight excluding hydrogens is 382 g/mol. The summed E-state index contributed by atoms with van der Waals surface area (Å²) in [6.07, 6.45) is 4.42. The summed E-state index contributed by atoms with van der Waals surface area (Å²) < 4.78 is 5.87. The van der Waals surface area contributed by atoms with E-state index >= 15 is 0 Å². The smallest absolute Gasteiger partial charge is 0.223 e. The minimum Gasteiger partial charge on any atom is -0.489 e. The van der Waals surface area contributed by atoms with Crippen molar-refractivity contribution in [1.82, 2.24) is 5.32 Å². The Morgan fingerprint density at radius 3 is 2.19 bits per heavy atom. The maximum Gasteiger partial charge on any atom is 0.223 e. The molecule has 0 aliphatic heterocycles. The van der Waals surface area contributed by atoms with Crippen LogP contribution in [0.4, 0.5) is 0 Å². The van der Waals surface area contributed by atoms with E-state index in [0.717, 1.165) is 30.6 Å². The lowest BCUT2D eigenvalue weighted by Crippen LogP contribution is -2.35. The molecule has 2 unspecified atom stereocenters. The van der Waals surface area contributed by atoms with Gasteiger partial charge in [0, 0.05) is 12.5 Å². The maximum absolute atomic E-state index is 12.4. The van der Waals surface area contributed by atoms with Crippen LogP contribution < -0.4 is 10.1 Å². The van der Waals surface area contributed by atoms with Crippen LogP contribution in [0.25, 0.3) is 0 Å². The van der Waals surface area contributed by atoms with E-state index in [1.807, 2.05) is 73.7 Å². The number of ether oxygens (including phenoxy) is 1. The number of carbonyl (C=O) groups excluding carboxylic acids is 1. The summed E-state index contributed by atoms with van der Waals surface area (Å²) in [5.41, 5.74) is 2.42. The molecule has 1 fully saturated rings. The van der Waals surface area contributed by atoms with E-state index in [1.54, 1.807) is 0 Å². The number of benzene rings is 3. The Morgan fingerprint density at radius 2 is 1.52 bits per heavy atom. The lowest BCUT2D eigenvalue weighted by atomic mass is 9.75. The average Bonchev–Trinajstić information content (AvgIpc) is 2.85. The van der Waals surface area contributed by atoms with E-state index in [0.29, 0.717) is 19.1 Å². The zero-order valence-electron chi connectivity index (χ0n) is 18.4. The third-order valence-corrected chi connectivity index (χ3v) is 5.65. The molecule has 0 saturated heterocycles. The van der Waals surface area contributed by atoms with Gasteiger partial charge in [0.05, 0.1) is 0 Å². The van der Waals surface area contributed by atoms with Crippen molar-refractivity contribution in [3.63, 3.8) is 0 Å². The molecule has 0 bridgehead atoms. The Kier molecular flexibility index (Phi) is 9.18. The predicted octanol–water partition coefficient (Wildman–Crippen LogP) is 6.36. The predicted molar refractivity (Wildman–Crippen MR) is 127 cm³/mol. The standard InChI is InChI=1S/C22H27NO2.C6H6/c1-2-23-22(24)21-14-7-6-13-20(21)18-10-8-9-17(15-18)16-25-19-11-4-3-5-12-19;1-2-4-6-5-3-1/h3-5,8-12,15,20-21H,2,6-7,13-14,16H2,1H3,(H,23,24);1-6H. The molecule has 4 rings (SSSR count). The molecule has 0 heterocycles.